The molecule has 0 aliphatic carbocycles. The minimum absolute atomic E-state index is 0.0210. The molecule has 1 fully saturated rings. The van der Waals surface area contributed by atoms with Gasteiger partial charge in [0.15, 0.2) is 0 Å². The predicted octanol–water partition coefficient (Wildman–Crippen LogP) is 4.54. The van der Waals surface area contributed by atoms with E-state index in [1.54, 1.807) is 42.5 Å². The number of esters is 1. The average Bonchev–Trinajstić information content (AvgIpc) is 3.43. The second kappa shape index (κ2) is 9.56. The Bertz CT molecular complexity index is 1220. The summed E-state index contributed by atoms with van der Waals surface area (Å²) in [6, 6.07) is 17.7. The van der Waals surface area contributed by atoms with Crippen LogP contribution >= 0.6 is 0 Å². The Morgan fingerprint density at radius 2 is 1.85 bits per heavy atom. The third-order valence-corrected chi connectivity index (χ3v) is 5.23. The molecule has 0 unspecified atom stereocenters. The van der Waals surface area contributed by atoms with Crippen LogP contribution in [0.25, 0.3) is 17.4 Å². The highest BCUT2D eigenvalue weighted by Gasteiger charge is 2.34. The van der Waals surface area contributed by atoms with Crippen LogP contribution in [0.4, 0.5) is 5.69 Å². The normalized spacial score (nSPS) is 14.6. The molecule has 33 heavy (non-hydrogen) atoms. The Labute approximate surface area is 191 Å². The van der Waals surface area contributed by atoms with E-state index in [-0.39, 0.29) is 5.57 Å². The van der Waals surface area contributed by atoms with Crippen LogP contribution in [0.3, 0.4) is 0 Å². The number of nitrogens with zero attached hydrogens (tertiary/aromatic N) is 1. The maximum atomic E-state index is 12.8. The van der Waals surface area contributed by atoms with Crippen molar-refractivity contribution in [3.05, 3.63) is 83.1 Å². The average molecular weight is 444 g/mol. The molecule has 7 heteroatoms. The molecule has 0 atom stereocenters. The number of aryl methyl sites for hydroxylation is 1. The van der Waals surface area contributed by atoms with E-state index in [0.717, 1.165) is 18.4 Å². The van der Waals surface area contributed by atoms with Crippen LogP contribution < -0.4 is 10.4 Å². The van der Waals surface area contributed by atoms with Crippen LogP contribution in [0.2, 0.25) is 0 Å². The first-order chi connectivity index (χ1) is 16.0. The Morgan fingerprint density at radius 3 is 2.58 bits per heavy atom. The molecule has 0 bridgehead atoms. The molecule has 7 nitrogen and oxygen atoms in total. The van der Waals surface area contributed by atoms with Gasteiger partial charge in [0.25, 0.3) is 11.8 Å². The summed E-state index contributed by atoms with van der Waals surface area (Å²) in [4.78, 5) is 37.4. The van der Waals surface area contributed by atoms with Gasteiger partial charge >= 0.3 is 5.97 Å². The number of rotatable bonds is 7. The minimum atomic E-state index is -0.502. The molecule has 2 aromatic carbocycles. The molecule has 168 valence electrons. The summed E-state index contributed by atoms with van der Waals surface area (Å²) in [6.07, 6.45) is 3.05. The van der Waals surface area contributed by atoms with Crippen molar-refractivity contribution in [3.63, 3.8) is 0 Å². The van der Waals surface area contributed by atoms with Crippen LogP contribution in [0.5, 0.6) is 0 Å². The summed E-state index contributed by atoms with van der Waals surface area (Å²) >= 11 is 0. The van der Waals surface area contributed by atoms with Crippen LogP contribution in [0, 0.1) is 0 Å². The summed E-state index contributed by atoms with van der Waals surface area (Å²) in [6.45, 7) is 4.33. The zero-order valence-corrected chi connectivity index (χ0v) is 18.5. The van der Waals surface area contributed by atoms with Gasteiger partial charge in [-0.1, -0.05) is 38.1 Å². The van der Waals surface area contributed by atoms with Crippen LogP contribution in [0.15, 0.2) is 70.7 Å². The summed E-state index contributed by atoms with van der Waals surface area (Å²) < 4.78 is 11.0. The lowest BCUT2D eigenvalue weighted by Gasteiger charge is -2.14. The Kier molecular flexibility index (Phi) is 6.40. The SMILES string of the molecule is CCCOC(=O)c1cccc(-c2ccc(/C=C3/C(=O)NN(c4ccc(CC)cc4)C3=O)o2)c1. The third-order valence-electron chi connectivity index (χ3n) is 5.23. The number of hydrogen-bond acceptors (Lipinski definition) is 5. The molecule has 3 aromatic rings. The van der Waals surface area contributed by atoms with E-state index in [2.05, 4.69) is 5.43 Å². The van der Waals surface area contributed by atoms with Crippen LogP contribution in [-0.2, 0) is 20.7 Å². The smallest absolute Gasteiger partial charge is 0.338 e. The molecular formula is C26H24N2O5. The van der Waals surface area contributed by atoms with Crippen LogP contribution in [-0.4, -0.2) is 24.4 Å². The first-order valence-corrected chi connectivity index (χ1v) is 10.8. The number of carbonyl (C=O) groups is 3. The van der Waals surface area contributed by atoms with E-state index >= 15 is 0 Å². The van der Waals surface area contributed by atoms with Gasteiger partial charge in [0.1, 0.15) is 17.1 Å². The first-order valence-electron chi connectivity index (χ1n) is 10.8. The van der Waals surface area contributed by atoms with Crippen molar-refractivity contribution in [3.8, 4) is 11.3 Å². The fraction of sp³-hybridized carbons (Fsp3) is 0.192. The van der Waals surface area contributed by atoms with Crippen molar-refractivity contribution in [1.82, 2.24) is 5.43 Å². The molecule has 4 rings (SSSR count). The van der Waals surface area contributed by atoms with E-state index in [9.17, 15) is 14.4 Å². The molecule has 2 amide bonds. The number of hydrogen-bond donors (Lipinski definition) is 1. The number of carbonyl (C=O) groups excluding carboxylic acids is 3. The number of amides is 2. The number of benzene rings is 2. The number of furan rings is 1. The van der Waals surface area contributed by atoms with Crippen molar-refractivity contribution in [2.24, 2.45) is 0 Å². The quantitative estimate of drug-likeness (QED) is 0.328. The zero-order valence-electron chi connectivity index (χ0n) is 18.5. The lowest BCUT2D eigenvalue weighted by atomic mass is 10.1. The lowest BCUT2D eigenvalue weighted by molar-refractivity contribution is -0.117. The van der Waals surface area contributed by atoms with E-state index < -0.39 is 17.8 Å². The molecule has 0 spiro atoms. The van der Waals surface area contributed by atoms with Crippen molar-refractivity contribution >= 4 is 29.5 Å². The van der Waals surface area contributed by atoms with Crippen molar-refractivity contribution in [1.29, 1.82) is 0 Å². The lowest BCUT2D eigenvalue weighted by Crippen LogP contribution is -2.35. The fourth-order valence-electron chi connectivity index (χ4n) is 3.43. The Balaban J connectivity index is 1.54. The van der Waals surface area contributed by atoms with Crippen molar-refractivity contribution in [2.75, 3.05) is 11.6 Å². The maximum absolute atomic E-state index is 12.8. The zero-order chi connectivity index (χ0) is 23.4. The predicted molar refractivity (Wildman–Crippen MR) is 124 cm³/mol. The first kappa shape index (κ1) is 22.1. The topological polar surface area (TPSA) is 88.9 Å². The van der Waals surface area contributed by atoms with Gasteiger partial charge in [0.2, 0.25) is 0 Å². The largest absolute Gasteiger partial charge is 0.462 e. The Hall–Kier alpha value is -4.13. The monoisotopic (exact) mass is 444 g/mol. The summed E-state index contributed by atoms with van der Waals surface area (Å²) in [5.74, 6) is -0.496. The van der Waals surface area contributed by atoms with Gasteiger partial charge in [0, 0.05) is 5.56 Å². The van der Waals surface area contributed by atoms with E-state index in [1.165, 1.54) is 11.1 Å². The number of anilines is 1. The van der Waals surface area contributed by atoms with E-state index in [1.807, 2.05) is 32.0 Å². The highest BCUT2D eigenvalue weighted by atomic mass is 16.5. The summed E-state index contributed by atoms with van der Waals surface area (Å²) in [5.41, 5.74) is 5.40. The second-order valence-electron chi connectivity index (χ2n) is 7.58. The van der Waals surface area contributed by atoms with Gasteiger partial charge in [0.05, 0.1) is 17.9 Å². The molecule has 1 aliphatic rings. The number of hydrazine groups is 1. The van der Waals surface area contributed by atoms with Gasteiger partial charge in [-0.05, 0) is 60.9 Å². The molecule has 0 saturated carbocycles. The summed E-state index contributed by atoms with van der Waals surface area (Å²) in [5, 5.41) is 1.23. The fourth-order valence-corrected chi connectivity index (χ4v) is 3.43. The summed E-state index contributed by atoms with van der Waals surface area (Å²) in [7, 11) is 0. The molecule has 2 heterocycles. The molecule has 1 saturated heterocycles. The van der Waals surface area contributed by atoms with Gasteiger partial charge in [-0.3, -0.25) is 15.0 Å². The molecule has 0 radical (unpaired) electrons. The highest BCUT2D eigenvalue weighted by Crippen LogP contribution is 2.27. The van der Waals surface area contributed by atoms with Crippen molar-refractivity contribution < 1.29 is 23.5 Å². The molecule has 1 N–H and O–H groups in total. The Morgan fingerprint density at radius 1 is 1.06 bits per heavy atom. The van der Waals surface area contributed by atoms with Gasteiger partial charge in [-0.25, -0.2) is 9.80 Å². The third kappa shape index (κ3) is 4.72. The maximum Gasteiger partial charge on any atom is 0.338 e. The number of nitrogens with one attached hydrogen (secondary N) is 1. The molecule has 1 aliphatic heterocycles. The molecular weight excluding hydrogens is 420 g/mol. The minimum Gasteiger partial charge on any atom is -0.462 e. The van der Waals surface area contributed by atoms with Gasteiger partial charge in [-0.15, -0.1) is 0 Å². The van der Waals surface area contributed by atoms with Crippen LogP contribution in [0.1, 0.15) is 41.9 Å². The van der Waals surface area contributed by atoms with Gasteiger partial charge in [-0.2, -0.15) is 0 Å². The highest BCUT2D eigenvalue weighted by molar-refractivity contribution is 6.31. The van der Waals surface area contributed by atoms with Gasteiger partial charge < -0.3 is 9.15 Å². The van der Waals surface area contributed by atoms with E-state index in [4.69, 9.17) is 9.15 Å². The second-order valence-corrected chi connectivity index (χ2v) is 7.58. The number of ether oxygens (including phenoxy) is 1. The standard InChI is InChI=1S/C26H24N2O5/c1-3-14-32-26(31)19-7-5-6-18(15-19)23-13-12-21(33-23)16-22-24(29)27-28(25(22)30)20-10-8-17(4-2)9-11-20/h5-13,15-16H,3-4,14H2,1-2H3,(H,27,29)/b22-16-. The molecule has 1 aromatic heterocycles. The van der Waals surface area contributed by atoms with Crippen molar-refractivity contribution in [2.45, 2.75) is 26.7 Å². The van der Waals surface area contributed by atoms with E-state index in [0.29, 0.717) is 34.9 Å².